The molecule has 1 aliphatic rings. The van der Waals surface area contributed by atoms with Gasteiger partial charge < -0.3 is 43.0 Å². The number of unbranched alkanes of at least 4 members (excludes halogenated alkanes) is 1. The fourth-order valence-corrected chi connectivity index (χ4v) is 8.15. The van der Waals surface area contributed by atoms with E-state index in [2.05, 4.69) is 31.6 Å². The van der Waals surface area contributed by atoms with Crippen LogP contribution in [0.5, 0.6) is 0 Å². The van der Waals surface area contributed by atoms with E-state index in [-0.39, 0.29) is 31.1 Å². The second kappa shape index (κ2) is 19.3. The number of hydrogen-bond donors (Lipinski definition) is 8. The first-order chi connectivity index (χ1) is 27.2. The first-order valence-electron chi connectivity index (χ1n) is 19.2. The Morgan fingerprint density at radius 1 is 0.714 bits per heavy atom. The van der Waals surface area contributed by atoms with Crippen molar-refractivity contribution in [3.05, 3.63) is 107 Å². The standard InChI is InChI=1S/C42H50N8O5S/c43-18-9-8-15-33(38(44)51)47-40(53)34(20-26-10-2-1-3-11-26)49-41(54)35(21-28-24-46-32-14-6-4-12-30(28)32)50-42(55)36(48-39(52)27-17-19-45-23-27)22-29-25-56-37-16-7-5-13-31(29)37/h1-7,10-14,16,24-25,27,33-36,45-46H,8-9,15,17-23,43H2,(H2,44,51)(H,47,53)(H,48,52)(H,49,54)(H,50,55)/t27-,33+,34-,35+,36+/m0/s1. The molecule has 3 heterocycles. The van der Waals surface area contributed by atoms with Crippen LogP contribution in [-0.2, 0) is 43.2 Å². The van der Waals surface area contributed by atoms with Crippen LogP contribution in [0.2, 0.25) is 0 Å². The number of primary amides is 1. The number of aromatic amines is 1. The highest BCUT2D eigenvalue weighted by Crippen LogP contribution is 2.27. The maximum absolute atomic E-state index is 14.5. The van der Waals surface area contributed by atoms with Gasteiger partial charge in [0.2, 0.25) is 29.5 Å². The predicted molar refractivity (Wildman–Crippen MR) is 218 cm³/mol. The maximum atomic E-state index is 14.5. The molecule has 56 heavy (non-hydrogen) atoms. The van der Waals surface area contributed by atoms with Gasteiger partial charge in [-0.25, -0.2) is 0 Å². The Morgan fingerprint density at radius 3 is 2.04 bits per heavy atom. The smallest absolute Gasteiger partial charge is 0.243 e. The summed E-state index contributed by atoms with van der Waals surface area (Å²) in [5.41, 5.74) is 14.6. The normalized spacial score (nSPS) is 16.1. The van der Waals surface area contributed by atoms with Crippen LogP contribution in [0, 0.1) is 5.92 Å². The van der Waals surface area contributed by atoms with Crippen LogP contribution in [0.3, 0.4) is 0 Å². The van der Waals surface area contributed by atoms with Crippen molar-refractivity contribution in [2.24, 2.45) is 17.4 Å². The highest BCUT2D eigenvalue weighted by atomic mass is 32.1. The number of fused-ring (bicyclic) bond motifs is 2. The molecule has 1 saturated heterocycles. The van der Waals surface area contributed by atoms with Crippen molar-refractivity contribution in [2.75, 3.05) is 19.6 Å². The van der Waals surface area contributed by atoms with E-state index in [0.717, 1.165) is 37.7 Å². The Labute approximate surface area is 329 Å². The van der Waals surface area contributed by atoms with Gasteiger partial charge in [0.1, 0.15) is 24.2 Å². The molecule has 0 saturated carbocycles. The molecule has 0 radical (unpaired) electrons. The molecule has 0 spiro atoms. The van der Waals surface area contributed by atoms with E-state index >= 15 is 0 Å². The molecule has 13 nitrogen and oxygen atoms in total. The van der Waals surface area contributed by atoms with E-state index in [4.69, 9.17) is 11.5 Å². The van der Waals surface area contributed by atoms with Crippen LogP contribution in [0.15, 0.2) is 90.4 Å². The zero-order chi connectivity index (χ0) is 39.4. The highest BCUT2D eigenvalue weighted by Gasteiger charge is 2.33. The lowest BCUT2D eigenvalue weighted by molar-refractivity contribution is -0.134. The van der Waals surface area contributed by atoms with Gasteiger partial charge in [0.05, 0.1) is 5.92 Å². The molecule has 0 unspecified atom stereocenters. The summed E-state index contributed by atoms with van der Waals surface area (Å²) in [7, 11) is 0. The lowest BCUT2D eigenvalue weighted by Gasteiger charge is -2.27. The van der Waals surface area contributed by atoms with Crippen LogP contribution in [-0.4, -0.2) is 78.3 Å². The molecule has 6 rings (SSSR count). The number of amides is 5. The van der Waals surface area contributed by atoms with Crippen molar-refractivity contribution < 1.29 is 24.0 Å². The summed E-state index contributed by atoms with van der Waals surface area (Å²) in [4.78, 5) is 72.0. The first-order valence-corrected chi connectivity index (χ1v) is 20.0. The topological polar surface area (TPSA) is 213 Å². The summed E-state index contributed by atoms with van der Waals surface area (Å²) in [5.74, 6) is -2.93. The molecule has 0 aliphatic carbocycles. The van der Waals surface area contributed by atoms with Gasteiger partial charge in [-0.3, -0.25) is 24.0 Å². The van der Waals surface area contributed by atoms with Crippen molar-refractivity contribution >= 4 is 61.9 Å². The fraction of sp³-hybridized carbons (Fsp3) is 0.357. The molecule has 2 aromatic heterocycles. The number of benzene rings is 3. The summed E-state index contributed by atoms with van der Waals surface area (Å²) in [5, 5.41) is 18.7. The molecule has 10 N–H and O–H groups in total. The molecule has 294 valence electrons. The molecule has 5 atom stereocenters. The minimum absolute atomic E-state index is 0.0822. The molecule has 5 aromatic rings. The lowest BCUT2D eigenvalue weighted by Crippen LogP contribution is -2.59. The lowest BCUT2D eigenvalue weighted by atomic mass is 9.99. The van der Waals surface area contributed by atoms with Gasteiger partial charge in [-0.15, -0.1) is 11.3 Å². The summed E-state index contributed by atoms with van der Waals surface area (Å²) >= 11 is 1.56. The van der Waals surface area contributed by atoms with Crippen LogP contribution >= 0.6 is 11.3 Å². The second-order valence-corrected chi connectivity index (χ2v) is 15.2. The quantitative estimate of drug-likeness (QED) is 0.0587. The van der Waals surface area contributed by atoms with Crippen molar-refractivity contribution in [1.82, 2.24) is 31.6 Å². The number of thiophene rings is 1. The first kappa shape index (κ1) is 40.1. The van der Waals surface area contributed by atoms with Gasteiger partial charge in [0.25, 0.3) is 0 Å². The highest BCUT2D eigenvalue weighted by molar-refractivity contribution is 7.17. The van der Waals surface area contributed by atoms with Gasteiger partial charge in [0.15, 0.2) is 0 Å². The van der Waals surface area contributed by atoms with Gasteiger partial charge in [-0.05, 0) is 78.4 Å². The summed E-state index contributed by atoms with van der Waals surface area (Å²) in [6.07, 6.45) is 4.39. The fourth-order valence-electron chi connectivity index (χ4n) is 7.17. The second-order valence-electron chi connectivity index (χ2n) is 14.3. The molecule has 3 aromatic carbocycles. The summed E-state index contributed by atoms with van der Waals surface area (Å²) in [6.45, 7) is 1.66. The Balaban J connectivity index is 1.29. The van der Waals surface area contributed by atoms with Crippen LogP contribution in [0.1, 0.15) is 42.4 Å². The molecular formula is C42H50N8O5S. The minimum Gasteiger partial charge on any atom is -0.368 e. The van der Waals surface area contributed by atoms with E-state index in [1.807, 2.05) is 84.2 Å². The number of carbonyl (C=O) groups excluding carboxylic acids is 5. The third-order valence-electron chi connectivity index (χ3n) is 10.3. The van der Waals surface area contributed by atoms with Crippen molar-refractivity contribution in [1.29, 1.82) is 0 Å². The Bertz CT molecular complexity index is 2130. The number of nitrogens with two attached hydrogens (primary N) is 2. The van der Waals surface area contributed by atoms with Crippen LogP contribution in [0.25, 0.3) is 21.0 Å². The summed E-state index contributed by atoms with van der Waals surface area (Å²) in [6, 6.07) is 20.5. The third-order valence-corrected chi connectivity index (χ3v) is 11.3. The largest absolute Gasteiger partial charge is 0.368 e. The number of para-hydroxylation sites is 1. The van der Waals surface area contributed by atoms with Crippen molar-refractivity contribution in [3.63, 3.8) is 0 Å². The maximum Gasteiger partial charge on any atom is 0.243 e. The van der Waals surface area contributed by atoms with Gasteiger partial charge in [-0.2, -0.15) is 0 Å². The molecular weight excluding hydrogens is 729 g/mol. The molecule has 0 bridgehead atoms. The number of H-pyrrole nitrogens is 1. The van der Waals surface area contributed by atoms with Crippen molar-refractivity contribution in [2.45, 2.75) is 69.1 Å². The van der Waals surface area contributed by atoms with Crippen molar-refractivity contribution in [3.8, 4) is 0 Å². The van der Waals surface area contributed by atoms with E-state index in [9.17, 15) is 24.0 Å². The van der Waals surface area contributed by atoms with Gasteiger partial charge >= 0.3 is 0 Å². The summed E-state index contributed by atoms with van der Waals surface area (Å²) < 4.78 is 1.06. The van der Waals surface area contributed by atoms with Gasteiger partial charge in [-0.1, -0.05) is 66.7 Å². The number of rotatable bonds is 19. The number of aromatic nitrogens is 1. The van der Waals surface area contributed by atoms with Crippen LogP contribution in [0.4, 0.5) is 0 Å². The van der Waals surface area contributed by atoms with E-state index in [1.165, 1.54) is 0 Å². The minimum atomic E-state index is -1.16. The average molecular weight is 779 g/mol. The zero-order valence-electron chi connectivity index (χ0n) is 31.2. The van der Waals surface area contributed by atoms with E-state index in [1.54, 1.807) is 17.5 Å². The Hall–Kier alpha value is -5.57. The van der Waals surface area contributed by atoms with E-state index < -0.39 is 47.8 Å². The Kier molecular flexibility index (Phi) is 13.8. The number of carbonyl (C=O) groups is 5. The molecule has 1 aliphatic heterocycles. The average Bonchev–Trinajstić information content (AvgIpc) is 3.98. The Morgan fingerprint density at radius 2 is 1.34 bits per heavy atom. The molecule has 5 amide bonds. The number of nitrogens with one attached hydrogen (secondary N) is 6. The predicted octanol–water partition coefficient (Wildman–Crippen LogP) is 2.57. The molecule has 14 heteroatoms. The van der Waals surface area contributed by atoms with Crippen LogP contribution < -0.4 is 38.1 Å². The number of hydrogen-bond acceptors (Lipinski definition) is 8. The monoisotopic (exact) mass is 778 g/mol. The third kappa shape index (κ3) is 10.4. The molecule has 1 fully saturated rings. The van der Waals surface area contributed by atoms with E-state index in [0.29, 0.717) is 45.3 Å². The SMILES string of the molecule is NCCCC[C@@H](NC(=O)[C@H](Cc1ccccc1)NC(=O)[C@@H](Cc1c[nH]c2ccccc12)NC(=O)[C@@H](Cc1csc2ccccc12)NC(=O)[C@H]1CCNC1)C(N)=O. The zero-order valence-corrected chi connectivity index (χ0v) is 32.0. The van der Waals surface area contributed by atoms with Gasteiger partial charge in [0, 0.05) is 47.6 Å².